The number of benzene rings is 1. The van der Waals surface area contributed by atoms with Gasteiger partial charge in [-0.05, 0) is 26.1 Å². The van der Waals surface area contributed by atoms with E-state index in [0.29, 0.717) is 23.8 Å². The van der Waals surface area contributed by atoms with Gasteiger partial charge in [0, 0.05) is 25.4 Å². The van der Waals surface area contributed by atoms with Crippen molar-refractivity contribution in [3.8, 4) is 5.69 Å². The van der Waals surface area contributed by atoms with Gasteiger partial charge < -0.3 is 16.0 Å². The maximum Gasteiger partial charge on any atom is 0.229 e. The quantitative estimate of drug-likeness (QED) is 0.620. The monoisotopic (exact) mass is 360 g/mol. The molecule has 3 N–H and O–H groups in total. The molecule has 0 fully saturated rings. The van der Waals surface area contributed by atoms with Gasteiger partial charge in [0.25, 0.3) is 0 Å². The van der Waals surface area contributed by atoms with E-state index in [1.54, 1.807) is 27.1 Å². The first-order valence-corrected chi connectivity index (χ1v) is 7.86. The molecule has 10 heteroatoms. The minimum absolute atomic E-state index is 0.0275. The Hall–Kier alpha value is -3.14. The lowest BCUT2D eigenvalue weighted by molar-refractivity contribution is 0.558. The third-order valence-electron chi connectivity index (χ3n) is 3.55. The molecule has 0 radical (unpaired) electrons. The Labute approximate surface area is 148 Å². The molecular weight excluding hydrogens is 342 g/mol. The summed E-state index contributed by atoms with van der Waals surface area (Å²) >= 11 is 0. The largest absolute Gasteiger partial charge is 0.373 e. The van der Waals surface area contributed by atoms with Crippen LogP contribution in [0.25, 0.3) is 5.69 Å². The summed E-state index contributed by atoms with van der Waals surface area (Å²) in [6, 6.07) is 4.18. The first-order chi connectivity index (χ1) is 12.5. The van der Waals surface area contributed by atoms with E-state index in [1.807, 2.05) is 0 Å². The molecule has 0 atom stereocenters. The minimum Gasteiger partial charge on any atom is -0.373 e. The molecule has 0 amide bonds. The molecule has 0 aliphatic heterocycles. The van der Waals surface area contributed by atoms with Crippen molar-refractivity contribution < 1.29 is 8.78 Å². The molecule has 2 heterocycles. The Morgan fingerprint density at radius 1 is 1.15 bits per heavy atom. The van der Waals surface area contributed by atoms with Crippen molar-refractivity contribution in [1.82, 2.24) is 30.3 Å². The number of halogens is 2. The van der Waals surface area contributed by atoms with Gasteiger partial charge in [0.1, 0.15) is 11.5 Å². The zero-order valence-electron chi connectivity index (χ0n) is 14.5. The van der Waals surface area contributed by atoms with Crippen LogP contribution in [0, 0.1) is 18.6 Å². The Morgan fingerprint density at radius 2 is 1.96 bits per heavy atom. The molecule has 0 spiro atoms. The third kappa shape index (κ3) is 3.59. The second-order valence-electron chi connectivity index (χ2n) is 5.54. The summed E-state index contributed by atoms with van der Waals surface area (Å²) in [7, 11) is 3.46. The average Bonchev–Trinajstić information content (AvgIpc) is 3.05. The van der Waals surface area contributed by atoms with Crippen LogP contribution < -0.4 is 16.0 Å². The molecular formula is C16H18F2N8. The maximum atomic E-state index is 14.9. The molecule has 0 aliphatic carbocycles. The van der Waals surface area contributed by atoms with Crippen molar-refractivity contribution in [3.63, 3.8) is 0 Å². The van der Waals surface area contributed by atoms with Crippen LogP contribution in [-0.2, 0) is 6.54 Å². The van der Waals surface area contributed by atoms with Gasteiger partial charge in [0.15, 0.2) is 11.6 Å². The van der Waals surface area contributed by atoms with Crippen molar-refractivity contribution in [2.24, 2.45) is 0 Å². The van der Waals surface area contributed by atoms with Crippen molar-refractivity contribution in [3.05, 3.63) is 47.4 Å². The highest BCUT2D eigenvalue weighted by Crippen LogP contribution is 2.26. The molecule has 1 aromatic carbocycles. The minimum atomic E-state index is -0.818. The van der Waals surface area contributed by atoms with Gasteiger partial charge in [0.2, 0.25) is 5.95 Å². The molecule has 2 aromatic heterocycles. The van der Waals surface area contributed by atoms with Crippen molar-refractivity contribution in [1.29, 1.82) is 0 Å². The highest BCUT2D eigenvalue weighted by molar-refractivity contribution is 5.60. The summed E-state index contributed by atoms with van der Waals surface area (Å²) in [5, 5.41) is 16.2. The van der Waals surface area contributed by atoms with Crippen LogP contribution in [0.2, 0.25) is 0 Å². The van der Waals surface area contributed by atoms with E-state index >= 15 is 0 Å². The Bertz CT molecular complexity index is 925. The summed E-state index contributed by atoms with van der Waals surface area (Å²) in [5.41, 5.74) is 0.957. The fraction of sp³-hybridized carbons (Fsp3) is 0.250. The van der Waals surface area contributed by atoms with Gasteiger partial charge in [0.05, 0.1) is 17.6 Å². The molecule has 0 aliphatic rings. The number of nitrogens with zero attached hydrogens (tertiary/aromatic N) is 5. The second kappa shape index (κ2) is 7.40. The smallest absolute Gasteiger partial charge is 0.229 e. The lowest BCUT2D eigenvalue weighted by Gasteiger charge is -2.11. The molecule has 0 bridgehead atoms. The van der Waals surface area contributed by atoms with Crippen molar-refractivity contribution >= 4 is 17.5 Å². The SMILES string of the molecule is CNCc1cn(-c2c(F)ccc(Nc3nc(C)cc(NC)n3)c2F)nn1. The standard InChI is InChI=1S/C16H18F2N8/c1-9-6-13(20-3)23-16(21-9)22-12-5-4-11(17)15(14(12)18)26-8-10(7-19-2)24-25-26/h4-6,8,19H,7H2,1-3H3,(H2,20,21,22,23). The fourth-order valence-electron chi connectivity index (χ4n) is 2.39. The highest BCUT2D eigenvalue weighted by Gasteiger charge is 2.18. The van der Waals surface area contributed by atoms with Gasteiger partial charge in [-0.3, -0.25) is 0 Å². The van der Waals surface area contributed by atoms with Gasteiger partial charge in [-0.15, -0.1) is 5.10 Å². The summed E-state index contributed by atoms with van der Waals surface area (Å²) in [4.78, 5) is 8.41. The van der Waals surface area contributed by atoms with Crippen LogP contribution in [-0.4, -0.2) is 39.1 Å². The molecule has 3 rings (SSSR count). The maximum absolute atomic E-state index is 14.9. The van der Waals surface area contributed by atoms with E-state index in [4.69, 9.17) is 0 Å². The second-order valence-corrected chi connectivity index (χ2v) is 5.54. The molecule has 0 saturated heterocycles. The lowest BCUT2D eigenvalue weighted by Crippen LogP contribution is -2.08. The van der Waals surface area contributed by atoms with Crippen LogP contribution in [0.3, 0.4) is 0 Å². The summed E-state index contributed by atoms with van der Waals surface area (Å²) in [6.07, 6.45) is 1.46. The first-order valence-electron chi connectivity index (χ1n) is 7.86. The van der Waals surface area contributed by atoms with Gasteiger partial charge in [-0.2, -0.15) is 4.98 Å². The Kier molecular flexibility index (Phi) is 5.03. The van der Waals surface area contributed by atoms with Gasteiger partial charge >= 0.3 is 0 Å². The zero-order chi connectivity index (χ0) is 18.7. The lowest BCUT2D eigenvalue weighted by atomic mass is 10.2. The summed E-state index contributed by atoms with van der Waals surface area (Å²) in [5.74, 6) is -0.798. The number of aromatic nitrogens is 5. The normalized spacial score (nSPS) is 10.8. The molecule has 0 unspecified atom stereocenters. The van der Waals surface area contributed by atoms with Crippen molar-refractivity contribution in [2.45, 2.75) is 13.5 Å². The number of anilines is 3. The molecule has 0 saturated carbocycles. The predicted octanol–water partition coefficient (Wildman–Crippen LogP) is 2.15. The highest BCUT2D eigenvalue weighted by atomic mass is 19.1. The summed E-state index contributed by atoms with van der Waals surface area (Å²) in [6.45, 7) is 2.23. The van der Waals surface area contributed by atoms with Gasteiger partial charge in [-0.1, -0.05) is 5.21 Å². The average molecular weight is 360 g/mol. The van der Waals surface area contributed by atoms with Crippen LogP contribution in [0.5, 0.6) is 0 Å². The number of aryl methyl sites for hydroxylation is 1. The van der Waals surface area contributed by atoms with Gasteiger partial charge in [-0.25, -0.2) is 18.4 Å². The molecule has 26 heavy (non-hydrogen) atoms. The topological polar surface area (TPSA) is 92.6 Å². The Balaban J connectivity index is 1.98. The van der Waals surface area contributed by atoms with E-state index < -0.39 is 11.6 Å². The molecule has 3 aromatic rings. The molecule has 8 nitrogen and oxygen atoms in total. The third-order valence-corrected chi connectivity index (χ3v) is 3.55. The van der Waals surface area contributed by atoms with Crippen molar-refractivity contribution in [2.75, 3.05) is 24.7 Å². The van der Waals surface area contributed by atoms with E-state index in [-0.39, 0.29) is 17.3 Å². The fourth-order valence-corrected chi connectivity index (χ4v) is 2.39. The predicted molar refractivity (Wildman–Crippen MR) is 93.6 cm³/mol. The zero-order valence-corrected chi connectivity index (χ0v) is 14.5. The van der Waals surface area contributed by atoms with E-state index in [9.17, 15) is 8.78 Å². The summed E-state index contributed by atoms with van der Waals surface area (Å²) < 4.78 is 30.2. The molecule has 136 valence electrons. The number of hydrogen-bond donors (Lipinski definition) is 3. The number of hydrogen-bond acceptors (Lipinski definition) is 7. The van der Waals surface area contributed by atoms with E-state index in [2.05, 4.69) is 36.2 Å². The first kappa shape index (κ1) is 17.7. The van der Waals surface area contributed by atoms with Crippen LogP contribution in [0.4, 0.5) is 26.2 Å². The number of nitrogens with one attached hydrogen (secondary N) is 3. The van der Waals surface area contributed by atoms with Crippen LogP contribution in [0.15, 0.2) is 24.4 Å². The van der Waals surface area contributed by atoms with Crippen LogP contribution in [0.1, 0.15) is 11.4 Å². The van der Waals surface area contributed by atoms with Crippen LogP contribution >= 0.6 is 0 Å². The Morgan fingerprint density at radius 3 is 2.69 bits per heavy atom. The van der Waals surface area contributed by atoms with E-state index in [1.165, 1.54) is 12.3 Å². The van der Waals surface area contributed by atoms with E-state index in [0.717, 1.165) is 10.7 Å². The number of rotatable bonds is 6.